The van der Waals surface area contributed by atoms with Crippen molar-refractivity contribution in [3.63, 3.8) is 0 Å². The van der Waals surface area contributed by atoms with E-state index in [1.165, 1.54) is 23.4 Å². The van der Waals surface area contributed by atoms with Crippen molar-refractivity contribution in [2.24, 2.45) is 0 Å². The Bertz CT molecular complexity index is 578. The van der Waals surface area contributed by atoms with Gasteiger partial charge in [0.1, 0.15) is 18.3 Å². The molecule has 18 heavy (non-hydrogen) atoms. The number of halogens is 1. The van der Waals surface area contributed by atoms with Gasteiger partial charge in [-0.05, 0) is 25.1 Å². The minimum atomic E-state index is -0.221. The van der Waals surface area contributed by atoms with E-state index in [0.717, 1.165) is 0 Å². The number of hydrogen-bond donors (Lipinski definition) is 1. The molecule has 0 aliphatic carbocycles. The first-order valence-electron chi connectivity index (χ1n) is 5.29. The molecule has 2 rings (SSSR count). The fourth-order valence-electron chi connectivity index (χ4n) is 1.50. The summed E-state index contributed by atoms with van der Waals surface area (Å²) in [5.41, 5.74) is 1.17. The first kappa shape index (κ1) is 12.3. The summed E-state index contributed by atoms with van der Waals surface area (Å²) in [5, 5.41) is 7.24. The van der Waals surface area contributed by atoms with E-state index in [1.54, 1.807) is 31.2 Å². The van der Waals surface area contributed by atoms with Gasteiger partial charge in [-0.2, -0.15) is 5.10 Å². The maximum atomic E-state index is 11.6. The molecular formula is C12H11ClN4O. The lowest BCUT2D eigenvalue weighted by atomic mass is 10.2. The number of nitrogens with zero attached hydrogens (tertiary/aromatic N) is 3. The number of benzene rings is 1. The highest BCUT2D eigenvalue weighted by Crippen LogP contribution is 2.27. The Morgan fingerprint density at radius 3 is 3.00 bits per heavy atom. The minimum absolute atomic E-state index is 0.221. The van der Waals surface area contributed by atoms with E-state index in [9.17, 15) is 4.79 Å². The van der Waals surface area contributed by atoms with Crippen molar-refractivity contribution in [2.75, 3.05) is 5.32 Å². The zero-order valence-electron chi connectivity index (χ0n) is 9.67. The molecule has 0 spiro atoms. The monoisotopic (exact) mass is 262 g/mol. The molecule has 1 amide bonds. The van der Waals surface area contributed by atoms with E-state index >= 15 is 0 Å². The number of rotatable bonds is 3. The molecule has 5 nitrogen and oxygen atoms in total. The summed E-state index contributed by atoms with van der Waals surface area (Å²) in [6, 6.07) is 5.24. The molecule has 0 atom stereocenters. The Morgan fingerprint density at radius 2 is 2.33 bits per heavy atom. The summed E-state index contributed by atoms with van der Waals surface area (Å²) in [6.07, 6.45) is 6.02. The molecule has 1 aromatic heterocycles. The third-order valence-corrected chi connectivity index (χ3v) is 2.52. The van der Waals surface area contributed by atoms with Gasteiger partial charge in [-0.1, -0.05) is 23.7 Å². The number of carbonyl (C=O) groups excluding carboxylic acids is 1. The number of amides is 1. The summed E-state index contributed by atoms with van der Waals surface area (Å²) < 4.78 is 1.51. The zero-order chi connectivity index (χ0) is 13.0. The largest absolute Gasteiger partial charge is 0.321 e. The number of carbonyl (C=O) groups is 1. The number of nitrogens with one attached hydrogen (secondary N) is 1. The van der Waals surface area contributed by atoms with Crippen LogP contribution in [0.5, 0.6) is 0 Å². The molecule has 0 bridgehead atoms. The van der Waals surface area contributed by atoms with Crippen molar-refractivity contribution in [1.29, 1.82) is 0 Å². The molecule has 0 saturated heterocycles. The Balaban J connectivity index is 2.42. The quantitative estimate of drug-likeness (QED) is 0.865. The summed E-state index contributed by atoms with van der Waals surface area (Å²) >= 11 is 6.12. The lowest BCUT2D eigenvalue weighted by molar-refractivity contribution is -0.111. The van der Waals surface area contributed by atoms with E-state index < -0.39 is 0 Å². The number of aromatic nitrogens is 3. The van der Waals surface area contributed by atoms with Gasteiger partial charge in [0.2, 0.25) is 5.91 Å². The van der Waals surface area contributed by atoms with E-state index in [0.29, 0.717) is 16.4 Å². The average Bonchev–Trinajstić information content (AvgIpc) is 2.82. The lowest BCUT2D eigenvalue weighted by Gasteiger charge is -2.11. The summed E-state index contributed by atoms with van der Waals surface area (Å²) in [6.45, 7) is 1.77. The average molecular weight is 263 g/mol. The standard InChI is InChI=1S/C12H11ClN4O/c1-2-4-11(18)16-10-6-3-5-9(13)12(10)17-8-14-7-15-17/h2-8H,1H3,(H,16,18). The van der Waals surface area contributed by atoms with Crippen LogP contribution in [0.2, 0.25) is 5.02 Å². The van der Waals surface area contributed by atoms with Crippen molar-refractivity contribution in [2.45, 2.75) is 6.92 Å². The lowest BCUT2D eigenvalue weighted by Crippen LogP contribution is -2.11. The molecule has 0 unspecified atom stereocenters. The van der Waals surface area contributed by atoms with Crippen LogP contribution in [-0.4, -0.2) is 20.7 Å². The second-order valence-electron chi connectivity index (χ2n) is 3.47. The van der Waals surface area contributed by atoms with Crippen molar-refractivity contribution in [3.05, 3.63) is 48.0 Å². The van der Waals surface area contributed by atoms with Gasteiger partial charge in [-0.15, -0.1) is 0 Å². The van der Waals surface area contributed by atoms with Crippen LogP contribution in [0.1, 0.15) is 6.92 Å². The number of allylic oxidation sites excluding steroid dienone is 1. The second kappa shape index (κ2) is 5.46. The molecule has 0 fully saturated rings. The molecule has 0 radical (unpaired) electrons. The summed E-state index contributed by atoms with van der Waals surface area (Å²) in [5.74, 6) is -0.221. The first-order valence-corrected chi connectivity index (χ1v) is 5.67. The number of para-hydroxylation sites is 1. The minimum Gasteiger partial charge on any atom is -0.321 e. The Morgan fingerprint density at radius 1 is 1.50 bits per heavy atom. The first-order chi connectivity index (χ1) is 8.72. The van der Waals surface area contributed by atoms with Gasteiger partial charge in [-0.25, -0.2) is 9.67 Å². The smallest absolute Gasteiger partial charge is 0.248 e. The fourth-order valence-corrected chi connectivity index (χ4v) is 1.76. The predicted octanol–water partition coefficient (Wildman–Crippen LogP) is 2.44. The van der Waals surface area contributed by atoms with Crippen LogP contribution in [0.3, 0.4) is 0 Å². The highest BCUT2D eigenvalue weighted by molar-refractivity contribution is 6.33. The Labute approximate surface area is 109 Å². The van der Waals surface area contributed by atoms with Gasteiger partial charge in [0.15, 0.2) is 0 Å². The summed E-state index contributed by atoms with van der Waals surface area (Å²) in [4.78, 5) is 15.4. The van der Waals surface area contributed by atoms with E-state index in [4.69, 9.17) is 11.6 Å². The molecule has 0 aliphatic heterocycles. The van der Waals surface area contributed by atoms with Crippen LogP contribution in [-0.2, 0) is 4.79 Å². The number of hydrogen-bond acceptors (Lipinski definition) is 3. The van der Waals surface area contributed by atoms with Gasteiger partial charge in [0.25, 0.3) is 0 Å². The van der Waals surface area contributed by atoms with E-state index in [2.05, 4.69) is 15.4 Å². The van der Waals surface area contributed by atoms with Crippen LogP contribution < -0.4 is 5.32 Å². The Kier molecular flexibility index (Phi) is 3.74. The molecule has 1 heterocycles. The van der Waals surface area contributed by atoms with E-state index in [1.807, 2.05) is 0 Å². The van der Waals surface area contributed by atoms with Gasteiger partial charge in [0.05, 0.1) is 10.7 Å². The van der Waals surface area contributed by atoms with Crippen LogP contribution in [0, 0.1) is 0 Å². The molecular weight excluding hydrogens is 252 g/mol. The SMILES string of the molecule is CC=CC(=O)Nc1cccc(Cl)c1-n1cncn1. The van der Waals surface area contributed by atoms with Crippen LogP contribution in [0.15, 0.2) is 43.0 Å². The maximum Gasteiger partial charge on any atom is 0.248 e. The highest BCUT2D eigenvalue weighted by Gasteiger charge is 2.11. The molecule has 92 valence electrons. The van der Waals surface area contributed by atoms with Gasteiger partial charge >= 0.3 is 0 Å². The van der Waals surface area contributed by atoms with Crippen molar-refractivity contribution >= 4 is 23.2 Å². The van der Waals surface area contributed by atoms with Crippen LogP contribution in [0.4, 0.5) is 5.69 Å². The molecule has 0 saturated carbocycles. The second-order valence-corrected chi connectivity index (χ2v) is 3.87. The van der Waals surface area contributed by atoms with Crippen molar-refractivity contribution in [1.82, 2.24) is 14.8 Å². The number of anilines is 1. The van der Waals surface area contributed by atoms with Crippen molar-refractivity contribution < 1.29 is 4.79 Å². The van der Waals surface area contributed by atoms with Crippen molar-refractivity contribution in [3.8, 4) is 5.69 Å². The molecule has 6 heteroatoms. The molecule has 2 aromatic rings. The van der Waals surface area contributed by atoms with E-state index in [-0.39, 0.29) is 5.91 Å². The summed E-state index contributed by atoms with van der Waals surface area (Å²) in [7, 11) is 0. The molecule has 1 aromatic carbocycles. The third kappa shape index (κ3) is 2.57. The molecule has 1 N–H and O–H groups in total. The zero-order valence-corrected chi connectivity index (χ0v) is 10.4. The third-order valence-electron chi connectivity index (χ3n) is 2.21. The van der Waals surface area contributed by atoms with Gasteiger partial charge in [0, 0.05) is 0 Å². The topological polar surface area (TPSA) is 59.8 Å². The normalized spacial score (nSPS) is 10.8. The highest BCUT2D eigenvalue weighted by atomic mass is 35.5. The van der Waals surface area contributed by atoms with Gasteiger partial charge < -0.3 is 5.32 Å². The molecule has 0 aliphatic rings. The Hall–Kier alpha value is -2.14. The van der Waals surface area contributed by atoms with Gasteiger partial charge in [-0.3, -0.25) is 4.79 Å². The fraction of sp³-hybridized carbons (Fsp3) is 0.0833. The van der Waals surface area contributed by atoms with Crippen LogP contribution >= 0.6 is 11.6 Å². The maximum absolute atomic E-state index is 11.6. The van der Waals surface area contributed by atoms with Crippen LogP contribution in [0.25, 0.3) is 5.69 Å². The predicted molar refractivity (Wildman–Crippen MR) is 69.8 cm³/mol.